The maximum absolute atomic E-state index is 15.2. The number of nitrogens with two attached hydrogens (primary N) is 1. The predicted octanol–water partition coefficient (Wildman–Crippen LogP) is 4.53. The number of nitrogens with one attached hydrogen (secondary N) is 1. The zero-order chi connectivity index (χ0) is 27.7. The number of carbonyl (C=O) groups is 1. The van der Waals surface area contributed by atoms with Crippen molar-refractivity contribution in [3.8, 4) is 11.4 Å². The summed E-state index contributed by atoms with van der Waals surface area (Å²) in [6.45, 7) is 3.85. The Labute approximate surface area is 224 Å². The molecule has 0 radical (unpaired) electrons. The molecule has 39 heavy (non-hydrogen) atoms. The summed E-state index contributed by atoms with van der Waals surface area (Å²) in [5.41, 5.74) is 8.72. The molecule has 0 bridgehead atoms. The largest absolute Gasteiger partial charge is 0.508 e. The van der Waals surface area contributed by atoms with Crippen LogP contribution in [-0.2, 0) is 13.0 Å². The van der Waals surface area contributed by atoms with Crippen LogP contribution in [0.3, 0.4) is 0 Å². The van der Waals surface area contributed by atoms with Crippen LogP contribution < -0.4 is 16.6 Å². The molecule has 0 unspecified atom stereocenters. The van der Waals surface area contributed by atoms with Gasteiger partial charge < -0.3 is 16.2 Å². The van der Waals surface area contributed by atoms with Gasteiger partial charge in [-0.05, 0) is 67.4 Å². The van der Waals surface area contributed by atoms with E-state index in [1.165, 1.54) is 10.7 Å². The number of benzene rings is 3. The quantitative estimate of drug-likeness (QED) is 0.289. The van der Waals surface area contributed by atoms with Crippen LogP contribution in [0.2, 0.25) is 0 Å². The van der Waals surface area contributed by atoms with Gasteiger partial charge in [-0.25, -0.2) is 9.07 Å². The number of para-hydroxylation sites is 1. The number of hydrogen-bond acceptors (Lipinski definition) is 5. The molecule has 0 aliphatic carbocycles. The van der Waals surface area contributed by atoms with Gasteiger partial charge in [0.25, 0.3) is 11.5 Å². The van der Waals surface area contributed by atoms with E-state index in [4.69, 9.17) is 5.73 Å². The Morgan fingerprint density at radius 3 is 2.56 bits per heavy atom. The van der Waals surface area contributed by atoms with Crippen molar-refractivity contribution in [1.29, 1.82) is 0 Å². The lowest BCUT2D eigenvalue weighted by Crippen LogP contribution is -2.30. The van der Waals surface area contributed by atoms with Crippen molar-refractivity contribution in [2.75, 3.05) is 5.32 Å². The Bertz CT molecular complexity index is 1740. The van der Waals surface area contributed by atoms with Crippen LogP contribution in [0.15, 0.2) is 83.8 Å². The number of anilines is 1. The molecule has 4 N–H and O–H groups in total. The summed E-state index contributed by atoms with van der Waals surface area (Å²) in [5.74, 6) is -1.01. The number of rotatable bonds is 7. The minimum absolute atomic E-state index is 0.0319. The summed E-state index contributed by atoms with van der Waals surface area (Å²) < 4.78 is 18.3. The highest BCUT2D eigenvalue weighted by Crippen LogP contribution is 2.25. The molecular weight excluding hydrogens is 497 g/mol. The maximum atomic E-state index is 15.2. The minimum atomic E-state index is -0.627. The van der Waals surface area contributed by atoms with E-state index >= 15 is 4.39 Å². The van der Waals surface area contributed by atoms with Crippen molar-refractivity contribution >= 4 is 22.5 Å². The summed E-state index contributed by atoms with van der Waals surface area (Å²) in [6.07, 6.45) is 1.91. The number of phenols is 1. The third-order valence-electron chi connectivity index (χ3n) is 6.59. The van der Waals surface area contributed by atoms with Crippen molar-refractivity contribution in [2.45, 2.75) is 32.9 Å². The summed E-state index contributed by atoms with van der Waals surface area (Å²) in [5, 5.41) is 13.2. The molecular formula is C30H28FN5O3. The van der Waals surface area contributed by atoms with Gasteiger partial charge in [-0.15, -0.1) is 0 Å². The number of pyridine rings is 1. The lowest BCUT2D eigenvalue weighted by molar-refractivity contribution is 0.102. The van der Waals surface area contributed by atoms with E-state index < -0.39 is 17.3 Å². The Hall–Kier alpha value is -4.76. The average Bonchev–Trinajstić information content (AvgIpc) is 3.14. The first-order chi connectivity index (χ1) is 18.7. The molecule has 0 spiro atoms. The van der Waals surface area contributed by atoms with E-state index in [9.17, 15) is 14.7 Å². The second-order valence-corrected chi connectivity index (χ2v) is 9.58. The van der Waals surface area contributed by atoms with Gasteiger partial charge in [0, 0.05) is 35.8 Å². The third-order valence-corrected chi connectivity index (χ3v) is 6.59. The molecule has 0 saturated carbocycles. The van der Waals surface area contributed by atoms with Crippen LogP contribution in [0.5, 0.6) is 5.75 Å². The van der Waals surface area contributed by atoms with Crippen LogP contribution in [0.25, 0.3) is 16.6 Å². The molecule has 198 valence electrons. The second kappa shape index (κ2) is 10.5. The zero-order valence-electron chi connectivity index (χ0n) is 21.6. The Morgan fingerprint density at radius 2 is 1.85 bits per heavy atom. The number of carbonyl (C=O) groups excluding carboxylic acids is 1. The van der Waals surface area contributed by atoms with Crippen molar-refractivity contribution in [2.24, 2.45) is 5.73 Å². The Kier molecular flexibility index (Phi) is 7.00. The first-order valence-corrected chi connectivity index (χ1v) is 12.5. The summed E-state index contributed by atoms with van der Waals surface area (Å²) in [6, 6.07) is 19.9. The summed E-state index contributed by atoms with van der Waals surface area (Å²) in [4.78, 5) is 31.0. The molecule has 0 aliphatic rings. The molecule has 0 aliphatic heterocycles. The normalized spacial score (nSPS) is 12.0. The molecule has 8 nitrogen and oxygen atoms in total. The van der Waals surface area contributed by atoms with E-state index in [2.05, 4.69) is 10.3 Å². The standard InChI is InChI=1S/C30H28FN5O3/c1-18(32)17-35-19(2)28(30(39)36(35)23-6-4-3-5-7-23)29(38)34-22-9-8-21(26(31)15-22)14-20-12-13-33-27-16-24(37)10-11-25(20)27/h3-13,15-16,18,37H,14,17,32H2,1-2H3,(H,34,38)/t18-/m0/s1. The monoisotopic (exact) mass is 525 g/mol. The van der Waals surface area contributed by atoms with Crippen LogP contribution in [0.4, 0.5) is 10.1 Å². The molecule has 2 aromatic heterocycles. The number of nitrogens with zero attached hydrogens (tertiary/aromatic N) is 3. The number of phenolic OH excluding ortho intramolecular Hbond substituents is 1. The van der Waals surface area contributed by atoms with Gasteiger partial charge in [-0.1, -0.05) is 24.3 Å². The Morgan fingerprint density at radius 1 is 1.08 bits per heavy atom. The van der Waals surface area contributed by atoms with Crippen molar-refractivity contribution in [3.63, 3.8) is 0 Å². The van der Waals surface area contributed by atoms with Gasteiger partial charge in [-0.3, -0.25) is 19.3 Å². The van der Waals surface area contributed by atoms with E-state index in [1.54, 1.807) is 60.3 Å². The number of fused-ring (bicyclic) bond motifs is 1. The summed E-state index contributed by atoms with van der Waals surface area (Å²) >= 11 is 0. The number of halogens is 1. The van der Waals surface area contributed by atoms with Gasteiger partial charge in [0.1, 0.15) is 17.1 Å². The van der Waals surface area contributed by atoms with Gasteiger partial charge in [0.2, 0.25) is 0 Å². The first kappa shape index (κ1) is 25.9. The third kappa shape index (κ3) is 5.17. The zero-order valence-corrected chi connectivity index (χ0v) is 21.6. The molecule has 1 amide bonds. The van der Waals surface area contributed by atoms with E-state index in [-0.39, 0.29) is 23.0 Å². The molecule has 5 aromatic rings. The Balaban J connectivity index is 1.43. The van der Waals surface area contributed by atoms with Crippen LogP contribution in [-0.4, -0.2) is 31.4 Å². The van der Waals surface area contributed by atoms with E-state index in [0.717, 1.165) is 10.9 Å². The number of amides is 1. The predicted molar refractivity (Wildman–Crippen MR) is 149 cm³/mol. The smallest absolute Gasteiger partial charge is 0.284 e. The summed E-state index contributed by atoms with van der Waals surface area (Å²) in [7, 11) is 0. The van der Waals surface area contributed by atoms with Crippen molar-refractivity contribution < 1.29 is 14.3 Å². The van der Waals surface area contributed by atoms with Gasteiger partial charge in [0.05, 0.1) is 23.4 Å². The molecule has 3 aromatic carbocycles. The minimum Gasteiger partial charge on any atom is -0.508 e. The molecule has 0 saturated heterocycles. The van der Waals surface area contributed by atoms with Gasteiger partial charge in [-0.2, -0.15) is 0 Å². The maximum Gasteiger partial charge on any atom is 0.284 e. The lowest BCUT2D eigenvalue weighted by Gasteiger charge is -2.15. The highest BCUT2D eigenvalue weighted by Gasteiger charge is 2.24. The highest BCUT2D eigenvalue weighted by atomic mass is 19.1. The van der Waals surface area contributed by atoms with Crippen LogP contribution in [0.1, 0.15) is 34.1 Å². The second-order valence-electron chi connectivity index (χ2n) is 9.58. The number of aromatic hydroxyl groups is 1. The van der Waals surface area contributed by atoms with E-state index in [0.29, 0.717) is 35.4 Å². The number of hydrogen-bond donors (Lipinski definition) is 3. The fourth-order valence-electron chi connectivity index (χ4n) is 4.75. The van der Waals surface area contributed by atoms with Crippen molar-refractivity contribution in [3.05, 3.63) is 118 Å². The van der Waals surface area contributed by atoms with Crippen molar-refractivity contribution in [1.82, 2.24) is 14.3 Å². The van der Waals surface area contributed by atoms with Gasteiger partial charge in [0.15, 0.2) is 0 Å². The molecule has 9 heteroatoms. The highest BCUT2D eigenvalue weighted by molar-refractivity contribution is 6.05. The SMILES string of the molecule is Cc1c(C(=O)Nc2ccc(Cc3ccnc4cc(O)ccc34)c(F)c2)c(=O)n(-c2ccccc2)n1C[C@H](C)N. The topological polar surface area (TPSA) is 115 Å². The number of aromatic nitrogens is 3. The molecule has 5 rings (SSSR count). The molecule has 0 fully saturated rings. The molecule has 2 heterocycles. The molecule has 1 atom stereocenters. The average molecular weight is 526 g/mol. The first-order valence-electron chi connectivity index (χ1n) is 12.5. The lowest BCUT2D eigenvalue weighted by atomic mass is 10.0. The van der Waals surface area contributed by atoms with Crippen LogP contribution in [0, 0.1) is 12.7 Å². The fourth-order valence-corrected chi connectivity index (χ4v) is 4.75. The fraction of sp³-hybridized carbons (Fsp3) is 0.167. The van der Waals surface area contributed by atoms with Crippen LogP contribution >= 0.6 is 0 Å². The van der Waals surface area contributed by atoms with Gasteiger partial charge >= 0.3 is 0 Å². The van der Waals surface area contributed by atoms with E-state index in [1.807, 2.05) is 31.2 Å².